The van der Waals surface area contributed by atoms with Gasteiger partial charge < -0.3 is 10.7 Å². The Kier molecular flexibility index (Phi) is 4.47. The van der Waals surface area contributed by atoms with Crippen LogP contribution in [0.3, 0.4) is 0 Å². The first-order valence-corrected chi connectivity index (χ1v) is 6.36. The van der Waals surface area contributed by atoms with Gasteiger partial charge in [0.1, 0.15) is 18.0 Å². The number of nitrogens with one attached hydrogen (secondary N) is 2. The van der Waals surface area contributed by atoms with Crippen molar-refractivity contribution in [2.24, 2.45) is 5.84 Å². The first kappa shape index (κ1) is 13.8. The third-order valence-electron chi connectivity index (χ3n) is 2.84. The first-order valence-electron chi connectivity index (χ1n) is 6.36. The maximum absolute atomic E-state index is 8.92. The van der Waals surface area contributed by atoms with E-state index in [1.54, 1.807) is 12.1 Å². The summed E-state index contributed by atoms with van der Waals surface area (Å²) in [7, 11) is 0. The van der Waals surface area contributed by atoms with Crippen LogP contribution >= 0.6 is 0 Å². The molecule has 102 valence electrons. The molecule has 0 aliphatic rings. The molecule has 0 radical (unpaired) electrons. The summed E-state index contributed by atoms with van der Waals surface area (Å²) < 4.78 is 0. The first-order chi connectivity index (χ1) is 9.78. The predicted molar refractivity (Wildman–Crippen MR) is 78.3 cm³/mol. The lowest BCUT2D eigenvalue weighted by Crippen LogP contribution is -2.13. The maximum atomic E-state index is 8.92. The van der Waals surface area contributed by atoms with Crippen molar-refractivity contribution in [3.63, 3.8) is 0 Å². The molecular formula is C14H16N6. The normalized spacial score (nSPS) is 9.85. The van der Waals surface area contributed by atoms with E-state index in [1.165, 1.54) is 6.33 Å². The SMILES string of the molecule is CCCc1c(NN)ncnc1Nc1cccc(C#N)c1. The van der Waals surface area contributed by atoms with Gasteiger partial charge in [-0.15, -0.1) is 0 Å². The standard InChI is InChI=1S/C14H16N6/c1-2-4-12-13(17-9-18-14(12)20-16)19-11-6-3-5-10(7-11)8-15/h3,5-7,9H,2,4,16H2,1H3,(H2,17,18,19,20). The van der Waals surface area contributed by atoms with Gasteiger partial charge in [-0.1, -0.05) is 19.4 Å². The molecule has 6 nitrogen and oxygen atoms in total. The highest BCUT2D eigenvalue weighted by atomic mass is 15.3. The lowest BCUT2D eigenvalue weighted by Gasteiger charge is -2.13. The average Bonchev–Trinajstić information content (AvgIpc) is 2.49. The van der Waals surface area contributed by atoms with Crippen molar-refractivity contribution in [2.45, 2.75) is 19.8 Å². The zero-order valence-corrected chi connectivity index (χ0v) is 11.2. The smallest absolute Gasteiger partial charge is 0.148 e. The third-order valence-corrected chi connectivity index (χ3v) is 2.84. The van der Waals surface area contributed by atoms with E-state index in [2.05, 4.69) is 33.7 Å². The number of nitrogen functional groups attached to an aromatic ring is 1. The molecule has 6 heteroatoms. The van der Waals surface area contributed by atoms with Gasteiger partial charge in [0, 0.05) is 11.3 Å². The van der Waals surface area contributed by atoms with Gasteiger partial charge in [-0.25, -0.2) is 15.8 Å². The molecule has 2 aromatic rings. The quantitative estimate of drug-likeness (QED) is 0.568. The summed E-state index contributed by atoms with van der Waals surface area (Å²) in [6.45, 7) is 2.08. The van der Waals surface area contributed by atoms with Gasteiger partial charge in [-0.3, -0.25) is 0 Å². The van der Waals surface area contributed by atoms with E-state index in [9.17, 15) is 0 Å². The Morgan fingerprint density at radius 1 is 1.30 bits per heavy atom. The van der Waals surface area contributed by atoms with Crippen LogP contribution in [0.15, 0.2) is 30.6 Å². The Hall–Kier alpha value is -2.65. The minimum Gasteiger partial charge on any atom is -0.340 e. The number of aromatic nitrogens is 2. The van der Waals surface area contributed by atoms with Crippen LogP contribution in [0.4, 0.5) is 17.3 Å². The molecule has 0 amide bonds. The molecule has 0 aliphatic heterocycles. The zero-order chi connectivity index (χ0) is 14.4. The fourth-order valence-electron chi connectivity index (χ4n) is 1.93. The number of benzene rings is 1. The van der Waals surface area contributed by atoms with E-state index in [1.807, 2.05) is 12.1 Å². The summed E-state index contributed by atoms with van der Waals surface area (Å²) >= 11 is 0. The molecule has 0 saturated carbocycles. The molecule has 0 bridgehead atoms. The molecule has 20 heavy (non-hydrogen) atoms. The van der Waals surface area contributed by atoms with Gasteiger partial charge >= 0.3 is 0 Å². The monoisotopic (exact) mass is 268 g/mol. The fourth-order valence-corrected chi connectivity index (χ4v) is 1.93. The van der Waals surface area contributed by atoms with Crippen LogP contribution in [-0.4, -0.2) is 9.97 Å². The fraction of sp³-hybridized carbons (Fsp3) is 0.214. The molecule has 0 saturated heterocycles. The van der Waals surface area contributed by atoms with Crippen molar-refractivity contribution in [1.82, 2.24) is 9.97 Å². The number of rotatable bonds is 5. The van der Waals surface area contributed by atoms with E-state index >= 15 is 0 Å². The van der Waals surface area contributed by atoms with Crippen LogP contribution in [0.25, 0.3) is 0 Å². The Balaban J connectivity index is 2.35. The molecule has 4 N–H and O–H groups in total. The number of hydrogen-bond acceptors (Lipinski definition) is 6. The number of hydrogen-bond donors (Lipinski definition) is 3. The number of hydrazine groups is 1. The van der Waals surface area contributed by atoms with E-state index < -0.39 is 0 Å². The molecule has 1 aromatic carbocycles. The van der Waals surface area contributed by atoms with E-state index in [0.29, 0.717) is 17.2 Å². The highest BCUT2D eigenvalue weighted by molar-refractivity contribution is 5.65. The zero-order valence-electron chi connectivity index (χ0n) is 11.2. The molecule has 0 aliphatic carbocycles. The molecule has 0 spiro atoms. The molecule has 1 heterocycles. The van der Waals surface area contributed by atoms with Gasteiger partial charge in [0.2, 0.25) is 0 Å². The van der Waals surface area contributed by atoms with Crippen molar-refractivity contribution in [2.75, 3.05) is 10.7 Å². The minimum atomic E-state index is 0.596. The minimum absolute atomic E-state index is 0.596. The van der Waals surface area contributed by atoms with Gasteiger partial charge in [-0.2, -0.15) is 5.26 Å². The Morgan fingerprint density at radius 2 is 2.10 bits per heavy atom. The van der Waals surface area contributed by atoms with Gasteiger partial charge in [0.15, 0.2) is 0 Å². The van der Waals surface area contributed by atoms with Gasteiger partial charge in [0.05, 0.1) is 11.6 Å². The topological polar surface area (TPSA) is 99.7 Å². The summed E-state index contributed by atoms with van der Waals surface area (Å²) in [6, 6.07) is 9.34. The third kappa shape index (κ3) is 3.02. The van der Waals surface area contributed by atoms with Crippen LogP contribution in [0.1, 0.15) is 24.5 Å². The summed E-state index contributed by atoms with van der Waals surface area (Å²) in [5.74, 6) is 6.79. The van der Waals surface area contributed by atoms with Gasteiger partial charge in [-0.05, 0) is 24.6 Å². The Labute approximate surface area is 117 Å². The van der Waals surface area contributed by atoms with E-state index in [-0.39, 0.29) is 0 Å². The van der Waals surface area contributed by atoms with E-state index in [4.69, 9.17) is 11.1 Å². The lowest BCUT2D eigenvalue weighted by atomic mass is 10.1. The summed E-state index contributed by atoms with van der Waals surface area (Å²) in [5.41, 5.74) is 4.92. The molecule has 0 atom stereocenters. The van der Waals surface area contributed by atoms with Crippen LogP contribution in [-0.2, 0) is 6.42 Å². The predicted octanol–water partition coefficient (Wildman–Crippen LogP) is 2.33. The number of anilines is 3. The Morgan fingerprint density at radius 3 is 2.80 bits per heavy atom. The van der Waals surface area contributed by atoms with Crippen LogP contribution in [0.5, 0.6) is 0 Å². The van der Waals surface area contributed by atoms with Crippen LogP contribution < -0.4 is 16.6 Å². The molecule has 2 rings (SSSR count). The van der Waals surface area contributed by atoms with Crippen LogP contribution in [0, 0.1) is 11.3 Å². The van der Waals surface area contributed by atoms with Crippen molar-refractivity contribution in [3.05, 3.63) is 41.7 Å². The second-order valence-electron chi connectivity index (χ2n) is 4.26. The second-order valence-corrected chi connectivity index (χ2v) is 4.26. The average molecular weight is 268 g/mol. The highest BCUT2D eigenvalue weighted by Crippen LogP contribution is 2.24. The summed E-state index contributed by atoms with van der Waals surface area (Å²) in [6.07, 6.45) is 3.21. The van der Waals surface area contributed by atoms with Crippen molar-refractivity contribution in [3.8, 4) is 6.07 Å². The summed E-state index contributed by atoms with van der Waals surface area (Å²) in [5, 5.41) is 12.1. The number of nitriles is 1. The largest absolute Gasteiger partial charge is 0.340 e. The maximum Gasteiger partial charge on any atom is 0.148 e. The molecular weight excluding hydrogens is 252 g/mol. The van der Waals surface area contributed by atoms with Crippen molar-refractivity contribution in [1.29, 1.82) is 5.26 Å². The lowest BCUT2D eigenvalue weighted by molar-refractivity contribution is 0.903. The molecule has 0 unspecified atom stereocenters. The highest BCUT2D eigenvalue weighted by Gasteiger charge is 2.10. The van der Waals surface area contributed by atoms with Gasteiger partial charge in [0.25, 0.3) is 0 Å². The van der Waals surface area contributed by atoms with Crippen LogP contribution in [0.2, 0.25) is 0 Å². The van der Waals surface area contributed by atoms with Crippen molar-refractivity contribution < 1.29 is 0 Å². The summed E-state index contributed by atoms with van der Waals surface area (Å²) in [4.78, 5) is 8.37. The molecule has 1 aromatic heterocycles. The Bertz CT molecular complexity index is 632. The van der Waals surface area contributed by atoms with Crippen molar-refractivity contribution >= 4 is 17.3 Å². The molecule has 0 fully saturated rings. The second kappa shape index (κ2) is 6.50. The number of nitrogens with zero attached hydrogens (tertiary/aromatic N) is 3. The van der Waals surface area contributed by atoms with E-state index in [0.717, 1.165) is 24.1 Å². The number of nitrogens with two attached hydrogens (primary N) is 1.